The van der Waals surface area contributed by atoms with E-state index in [0.29, 0.717) is 24.4 Å². The first-order valence-corrected chi connectivity index (χ1v) is 9.48. The molecule has 28 heavy (non-hydrogen) atoms. The van der Waals surface area contributed by atoms with Gasteiger partial charge < -0.3 is 0 Å². The van der Waals surface area contributed by atoms with Crippen molar-refractivity contribution >= 4 is 23.4 Å². The zero-order valence-corrected chi connectivity index (χ0v) is 16.1. The van der Waals surface area contributed by atoms with Gasteiger partial charge in [0.15, 0.2) is 0 Å². The third kappa shape index (κ3) is 3.43. The molecule has 0 aliphatic carbocycles. The summed E-state index contributed by atoms with van der Waals surface area (Å²) in [5.41, 5.74) is 4.62. The van der Waals surface area contributed by atoms with Gasteiger partial charge in [0.2, 0.25) is 11.8 Å². The quantitative estimate of drug-likeness (QED) is 0.727. The predicted molar refractivity (Wildman–Crippen MR) is 107 cm³/mol. The molecule has 1 aliphatic heterocycles. The van der Waals surface area contributed by atoms with Gasteiger partial charge in [0.1, 0.15) is 5.69 Å². The Labute approximate surface area is 167 Å². The van der Waals surface area contributed by atoms with Crippen molar-refractivity contribution in [1.29, 1.82) is 0 Å². The molecule has 2 amide bonds. The van der Waals surface area contributed by atoms with E-state index < -0.39 is 0 Å². The first kappa shape index (κ1) is 18.4. The average molecular weight is 395 g/mol. The lowest BCUT2D eigenvalue weighted by Crippen LogP contribution is -2.42. The number of nitrogens with one attached hydrogen (secondary N) is 1. The standard InChI is InChI=1S/C21H19ClN4O2/c1-13(27)26-12-16(4-7-18(26)28)21-19(14-8-10-23-11-9-14)20(24-25-21)15-2-5-17(22)6-3-15/h2-3,5-6,8-11,16H,4,7,12H2,1H3,(H,24,25). The van der Waals surface area contributed by atoms with E-state index in [1.54, 1.807) is 12.4 Å². The predicted octanol–water partition coefficient (Wildman–Crippen LogP) is 4.04. The van der Waals surface area contributed by atoms with E-state index in [2.05, 4.69) is 15.2 Å². The zero-order chi connectivity index (χ0) is 19.7. The number of hydrogen-bond donors (Lipinski definition) is 1. The number of carbonyl (C=O) groups is 2. The van der Waals surface area contributed by atoms with Crippen LogP contribution in [0.1, 0.15) is 31.4 Å². The molecule has 1 unspecified atom stereocenters. The van der Waals surface area contributed by atoms with Crippen LogP contribution in [0.4, 0.5) is 0 Å². The van der Waals surface area contributed by atoms with Gasteiger partial charge in [-0.15, -0.1) is 0 Å². The molecule has 1 fully saturated rings. The molecule has 142 valence electrons. The largest absolute Gasteiger partial charge is 0.282 e. The van der Waals surface area contributed by atoms with Crippen LogP contribution in [-0.4, -0.2) is 38.4 Å². The van der Waals surface area contributed by atoms with Gasteiger partial charge in [0.25, 0.3) is 0 Å². The molecule has 3 heterocycles. The Bertz CT molecular complexity index is 1010. The van der Waals surface area contributed by atoms with Gasteiger partial charge in [-0.25, -0.2) is 0 Å². The minimum atomic E-state index is -0.224. The molecule has 6 nitrogen and oxygen atoms in total. The number of piperidine rings is 1. The van der Waals surface area contributed by atoms with E-state index in [-0.39, 0.29) is 17.7 Å². The second-order valence-electron chi connectivity index (χ2n) is 6.86. The monoisotopic (exact) mass is 394 g/mol. The van der Waals surface area contributed by atoms with Crippen molar-refractivity contribution in [2.24, 2.45) is 0 Å². The van der Waals surface area contributed by atoms with Crippen LogP contribution in [0.15, 0.2) is 48.8 Å². The number of nitrogens with zero attached hydrogens (tertiary/aromatic N) is 3. The maximum Gasteiger partial charge on any atom is 0.229 e. The number of hydrogen-bond acceptors (Lipinski definition) is 4. The fraction of sp³-hybridized carbons (Fsp3) is 0.238. The topological polar surface area (TPSA) is 79.0 Å². The number of likely N-dealkylation sites (tertiary alicyclic amines) is 1. The molecular weight excluding hydrogens is 376 g/mol. The summed E-state index contributed by atoms with van der Waals surface area (Å²) in [5.74, 6) is -0.345. The lowest BCUT2D eigenvalue weighted by Gasteiger charge is -2.30. The van der Waals surface area contributed by atoms with E-state index in [0.717, 1.165) is 28.1 Å². The molecule has 2 aromatic heterocycles. The Morgan fingerprint density at radius 2 is 1.86 bits per heavy atom. The van der Waals surface area contributed by atoms with Gasteiger partial charge in [-0.05, 0) is 36.2 Å². The van der Waals surface area contributed by atoms with Crippen molar-refractivity contribution < 1.29 is 9.59 Å². The minimum absolute atomic E-state index is 0.00156. The molecule has 7 heteroatoms. The summed E-state index contributed by atoms with van der Waals surface area (Å²) in [5, 5.41) is 8.42. The molecule has 4 rings (SSSR count). The number of imide groups is 1. The number of benzene rings is 1. The summed E-state index contributed by atoms with van der Waals surface area (Å²) in [6, 6.07) is 11.4. The molecule has 0 bridgehead atoms. The highest BCUT2D eigenvalue weighted by Gasteiger charge is 2.32. The van der Waals surface area contributed by atoms with E-state index in [1.165, 1.54) is 11.8 Å². The molecule has 1 aliphatic rings. The Balaban J connectivity index is 1.81. The molecule has 1 atom stereocenters. The Morgan fingerprint density at radius 1 is 1.14 bits per heavy atom. The fourth-order valence-corrected chi connectivity index (χ4v) is 3.79. The third-order valence-corrected chi connectivity index (χ3v) is 5.33. The summed E-state index contributed by atoms with van der Waals surface area (Å²) >= 11 is 6.04. The summed E-state index contributed by atoms with van der Waals surface area (Å²) < 4.78 is 0. The van der Waals surface area contributed by atoms with Crippen molar-refractivity contribution in [2.45, 2.75) is 25.7 Å². The van der Waals surface area contributed by atoms with Crippen molar-refractivity contribution in [3.63, 3.8) is 0 Å². The van der Waals surface area contributed by atoms with Gasteiger partial charge in [-0.1, -0.05) is 23.7 Å². The molecule has 1 N–H and O–H groups in total. The summed E-state index contributed by atoms with van der Waals surface area (Å²) in [6.45, 7) is 1.78. The summed E-state index contributed by atoms with van der Waals surface area (Å²) in [6.07, 6.45) is 4.49. The van der Waals surface area contributed by atoms with Crippen molar-refractivity contribution in [3.05, 3.63) is 59.5 Å². The van der Waals surface area contributed by atoms with Crippen LogP contribution in [-0.2, 0) is 9.59 Å². The van der Waals surface area contributed by atoms with Crippen LogP contribution in [0.3, 0.4) is 0 Å². The minimum Gasteiger partial charge on any atom is -0.282 e. The highest BCUT2D eigenvalue weighted by molar-refractivity contribution is 6.30. The van der Waals surface area contributed by atoms with E-state index in [9.17, 15) is 9.59 Å². The number of aromatic amines is 1. The van der Waals surface area contributed by atoms with Crippen LogP contribution < -0.4 is 0 Å². The second kappa shape index (κ2) is 7.56. The molecule has 0 saturated carbocycles. The highest BCUT2D eigenvalue weighted by Crippen LogP contribution is 2.39. The van der Waals surface area contributed by atoms with E-state index in [1.807, 2.05) is 36.4 Å². The SMILES string of the molecule is CC(=O)N1CC(c2[nH]nc(-c3ccc(Cl)cc3)c2-c2ccncc2)CCC1=O. The van der Waals surface area contributed by atoms with E-state index in [4.69, 9.17) is 11.6 Å². The third-order valence-electron chi connectivity index (χ3n) is 5.08. The summed E-state index contributed by atoms with van der Waals surface area (Å²) in [4.78, 5) is 29.4. The Hall–Kier alpha value is -2.99. The van der Waals surface area contributed by atoms with Crippen LogP contribution in [0.25, 0.3) is 22.4 Å². The normalized spacial score (nSPS) is 17.0. The van der Waals surface area contributed by atoms with Gasteiger partial charge >= 0.3 is 0 Å². The molecule has 1 aromatic carbocycles. The van der Waals surface area contributed by atoms with Crippen LogP contribution >= 0.6 is 11.6 Å². The fourth-order valence-electron chi connectivity index (χ4n) is 3.66. The summed E-state index contributed by atoms with van der Waals surface area (Å²) in [7, 11) is 0. The zero-order valence-electron chi connectivity index (χ0n) is 15.4. The number of pyridine rings is 1. The lowest BCUT2D eigenvalue weighted by molar-refractivity contribution is -0.145. The molecule has 0 radical (unpaired) electrons. The number of aromatic nitrogens is 3. The van der Waals surface area contributed by atoms with Crippen molar-refractivity contribution in [2.75, 3.05) is 6.54 Å². The smallest absolute Gasteiger partial charge is 0.229 e. The molecule has 0 spiro atoms. The Morgan fingerprint density at radius 3 is 2.54 bits per heavy atom. The van der Waals surface area contributed by atoms with E-state index >= 15 is 0 Å². The molecule has 3 aromatic rings. The number of halogens is 1. The van der Waals surface area contributed by atoms with Gasteiger partial charge in [0.05, 0.1) is 0 Å². The molecule has 1 saturated heterocycles. The number of carbonyl (C=O) groups excluding carboxylic acids is 2. The Kier molecular flexibility index (Phi) is 4.96. The first-order valence-electron chi connectivity index (χ1n) is 9.10. The average Bonchev–Trinajstić information content (AvgIpc) is 3.14. The molecular formula is C21H19ClN4O2. The maximum absolute atomic E-state index is 12.1. The number of H-pyrrole nitrogens is 1. The van der Waals surface area contributed by atoms with Gasteiger partial charge in [0, 0.05) is 60.0 Å². The van der Waals surface area contributed by atoms with Crippen LogP contribution in [0.2, 0.25) is 5.02 Å². The second-order valence-corrected chi connectivity index (χ2v) is 7.30. The maximum atomic E-state index is 12.1. The van der Waals surface area contributed by atoms with Crippen molar-refractivity contribution in [3.8, 4) is 22.4 Å². The van der Waals surface area contributed by atoms with Gasteiger partial charge in [-0.3, -0.25) is 24.6 Å². The lowest BCUT2D eigenvalue weighted by atomic mass is 9.88. The number of amides is 2. The van der Waals surface area contributed by atoms with Gasteiger partial charge in [-0.2, -0.15) is 5.10 Å². The van der Waals surface area contributed by atoms with Crippen LogP contribution in [0, 0.1) is 0 Å². The van der Waals surface area contributed by atoms with Crippen molar-refractivity contribution in [1.82, 2.24) is 20.1 Å². The number of rotatable bonds is 3. The first-order chi connectivity index (χ1) is 13.5. The highest BCUT2D eigenvalue weighted by atomic mass is 35.5. The van der Waals surface area contributed by atoms with Crippen LogP contribution in [0.5, 0.6) is 0 Å².